The molecule has 0 aromatic heterocycles. The zero-order valence-electron chi connectivity index (χ0n) is 10.5. The maximum absolute atomic E-state index is 11.5. The molecule has 0 atom stereocenters. The van der Waals surface area contributed by atoms with Gasteiger partial charge in [-0.2, -0.15) is 0 Å². The van der Waals surface area contributed by atoms with Crippen LogP contribution in [-0.2, 0) is 4.79 Å². The number of rotatable bonds is 1. The maximum atomic E-state index is 11.5. The molecule has 2 rings (SSSR count). The topological polar surface area (TPSA) is 23.6 Å². The van der Waals surface area contributed by atoms with Crippen LogP contribution in [0.15, 0.2) is 0 Å². The van der Waals surface area contributed by atoms with E-state index in [0.29, 0.717) is 11.3 Å². The zero-order valence-corrected chi connectivity index (χ0v) is 10.5. The number of carbonyl (C=O) groups is 1. The van der Waals surface area contributed by atoms with Crippen molar-refractivity contribution >= 4 is 5.91 Å². The molecule has 0 unspecified atom stereocenters. The Morgan fingerprint density at radius 1 is 1.33 bits per heavy atom. The molecule has 1 spiro atoms. The highest BCUT2D eigenvalue weighted by atomic mass is 16.2. The Kier molecular flexibility index (Phi) is 4.14. The van der Waals surface area contributed by atoms with Crippen molar-refractivity contribution in [3.05, 3.63) is 0 Å². The molecule has 0 N–H and O–H groups in total. The Balaban J connectivity index is 0.000000531. The summed E-state index contributed by atoms with van der Waals surface area (Å²) in [5, 5.41) is 0. The zero-order chi connectivity index (χ0) is 11.5. The molecule has 2 aliphatic rings. The van der Waals surface area contributed by atoms with Crippen LogP contribution >= 0.6 is 0 Å². The third-order valence-corrected chi connectivity index (χ3v) is 3.49. The largest absolute Gasteiger partial charge is 0.346 e. The monoisotopic (exact) mass is 212 g/mol. The van der Waals surface area contributed by atoms with Gasteiger partial charge in [-0.1, -0.05) is 20.8 Å². The second kappa shape index (κ2) is 4.97. The van der Waals surface area contributed by atoms with E-state index in [2.05, 4.69) is 11.8 Å². The van der Waals surface area contributed by atoms with Gasteiger partial charge in [0.15, 0.2) is 0 Å². The summed E-state index contributed by atoms with van der Waals surface area (Å²) in [7, 11) is 1.91. The fourth-order valence-electron chi connectivity index (χ4n) is 2.47. The van der Waals surface area contributed by atoms with Gasteiger partial charge in [-0.15, -0.1) is 0 Å². The fourth-order valence-corrected chi connectivity index (χ4v) is 2.47. The van der Waals surface area contributed by atoms with Gasteiger partial charge in [-0.05, 0) is 13.0 Å². The molecule has 2 heterocycles. The Labute approximate surface area is 93.4 Å². The molecule has 0 aromatic carbocycles. The van der Waals surface area contributed by atoms with Gasteiger partial charge >= 0.3 is 0 Å². The average molecular weight is 212 g/mol. The molecule has 0 saturated carbocycles. The van der Waals surface area contributed by atoms with Gasteiger partial charge in [0.25, 0.3) is 0 Å². The van der Waals surface area contributed by atoms with Crippen LogP contribution in [0.5, 0.6) is 0 Å². The average Bonchev–Trinajstić information content (AvgIpc) is 2.22. The number of hydrogen-bond donors (Lipinski definition) is 0. The third kappa shape index (κ3) is 2.51. The first-order chi connectivity index (χ1) is 7.15. The van der Waals surface area contributed by atoms with E-state index in [1.165, 1.54) is 6.42 Å². The normalized spacial score (nSPS) is 24.5. The molecule has 2 fully saturated rings. The van der Waals surface area contributed by atoms with Gasteiger partial charge in [-0.3, -0.25) is 4.79 Å². The van der Waals surface area contributed by atoms with E-state index in [4.69, 9.17) is 0 Å². The van der Waals surface area contributed by atoms with Gasteiger partial charge in [0.1, 0.15) is 0 Å². The summed E-state index contributed by atoms with van der Waals surface area (Å²) in [6, 6.07) is 0. The predicted octanol–water partition coefficient (Wildman–Crippen LogP) is 1.59. The van der Waals surface area contributed by atoms with Crippen LogP contribution in [0.1, 0.15) is 33.6 Å². The number of piperidine rings is 1. The van der Waals surface area contributed by atoms with E-state index in [-0.39, 0.29) is 0 Å². The van der Waals surface area contributed by atoms with Crippen molar-refractivity contribution in [3.63, 3.8) is 0 Å². The minimum Gasteiger partial charge on any atom is -0.346 e. The van der Waals surface area contributed by atoms with Crippen molar-refractivity contribution < 1.29 is 4.79 Å². The molecule has 15 heavy (non-hydrogen) atoms. The summed E-state index contributed by atoms with van der Waals surface area (Å²) in [6.07, 6.45) is 1.98. The number of likely N-dealkylation sites (tertiary alicyclic amines) is 2. The van der Waals surface area contributed by atoms with Crippen LogP contribution in [0, 0.1) is 5.41 Å². The highest BCUT2D eigenvalue weighted by Gasteiger charge is 2.46. The summed E-state index contributed by atoms with van der Waals surface area (Å²) in [5.41, 5.74) is 0.361. The van der Waals surface area contributed by atoms with Crippen molar-refractivity contribution in [2.75, 3.05) is 33.2 Å². The lowest BCUT2D eigenvalue weighted by atomic mass is 9.72. The SMILES string of the molecule is CC.CCN1CC2(CCN(C)C(=O)C2)C1. The number of carbonyl (C=O) groups excluding carboxylic acids is 1. The van der Waals surface area contributed by atoms with Gasteiger partial charge in [-0.25, -0.2) is 0 Å². The summed E-state index contributed by atoms with van der Waals surface area (Å²) in [5.74, 6) is 0.335. The smallest absolute Gasteiger partial charge is 0.222 e. The molecule has 88 valence electrons. The third-order valence-electron chi connectivity index (χ3n) is 3.49. The Bertz CT molecular complexity index is 216. The first-order valence-corrected chi connectivity index (χ1v) is 6.11. The Morgan fingerprint density at radius 3 is 2.40 bits per heavy atom. The van der Waals surface area contributed by atoms with Crippen LogP contribution in [0.2, 0.25) is 0 Å². The first kappa shape index (κ1) is 12.5. The molecule has 0 radical (unpaired) electrons. The first-order valence-electron chi connectivity index (χ1n) is 6.11. The second-order valence-corrected chi connectivity index (χ2v) is 4.55. The molecule has 0 aromatic rings. The van der Waals surface area contributed by atoms with E-state index in [1.807, 2.05) is 25.8 Å². The Hall–Kier alpha value is -0.570. The molecule has 1 amide bonds. The Morgan fingerprint density at radius 2 is 1.93 bits per heavy atom. The van der Waals surface area contributed by atoms with Gasteiger partial charge in [0, 0.05) is 38.5 Å². The van der Waals surface area contributed by atoms with E-state index in [1.54, 1.807) is 0 Å². The predicted molar refractivity (Wildman–Crippen MR) is 62.8 cm³/mol. The van der Waals surface area contributed by atoms with E-state index in [0.717, 1.165) is 32.6 Å². The van der Waals surface area contributed by atoms with Crippen molar-refractivity contribution in [1.29, 1.82) is 0 Å². The van der Waals surface area contributed by atoms with Crippen LogP contribution in [-0.4, -0.2) is 48.9 Å². The van der Waals surface area contributed by atoms with E-state index >= 15 is 0 Å². The minimum atomic E-state index is 0.335. The van der Waals surface area contributed by atoms with Crippen molar-refractivity contribution in [2.24, 2.45) is 5.41 Å². The van der Waals surface area contributed by atoms with E-state index in [9.17, 15) is 4.79 Å². The van der Waals surface area contributed by atoms with Gasteiger partial charge in [0.2, 0.25) is 5.91 Å². The van der Waals surface area contributed by atoms with Crippen molar-refractivity contribution in [3.8, 4) is 0 Å². The lowest BCUT2D eigenvalue weighted by Gasteiger charge is -2.53. The summed E-state index contributed by atoms with van der Waals surface area (Å²) in [4.78, 5) is 15.8. The van der Waals surface area contributed by atoms with Crippen molar-refractivity contribution in [2.45, 2.75) is 33.6 Å². The standard InChI is InChI=1S/C10H18N2O.C2H6/c1-3-12-7-10(8-12)4-5-11(2)9(13)6-10;1-2/h3-8H2,1-2H3;1-2H3. The molecule has 0 aliphatic carbocycles. The van der Waals surface area contributed by atoms with Gasteiger partial charge in [0.05, 0.1) is 0 Å². The van der Waals surface area contributed by atoms with E-state index < -0.39 is 0 Å². The number of amides is 1. The van der Waals surface area contributed by atoms with Crippen LogP contribution in [0.4, 0.5) is 0 Å². The number of hydrogen-bond acceptors (Lipinski definition) is 2. The summed E-state index contributed by atoms with van der Waals surface area (Å²) in [6.45, 7) is 10.6. The molecule has 2 saturated heterocycles. The minimum absolute atomic E-state index is 0.335. The molecule has 0 bridgehead atoms. The second-order valence-electron chi connectivity index (χ2n) is 4.55. The van der Waals surface area contributed by atoms with Crippen LogP contribution in [0.25, 0.3) is 0 Å². The molecular formula is C12H24N2O. The molecule has 3 heteroatoms. The maximum Gasteiger partial charge on any atom is 0.222 e. The molecule has 2 aliphatic heterocycles. The van der Waals surface area contributed by atoms with Gasteiger partial charge < -0.3 is 9.80 Å². The highest BCUT2D eigenvalue weighted by Crippen LogP contribution is 2.40. The summed E-state index contributed by atoms with van der Waals surface area (Å²) >= 11 is 0. The highest BCUT2D eigenvalue weighted by molar-refractivity contribution is 5.77. The fraction of sp³-hybridized carbons (Fsp3) is 0.917. The molecular weight excluding hydrogens is 188 g/mol. The quantitative estimate of drug-likeness (QED) is 0.659. The number of nitrogens with zero attached hydrogens (tertiary/aromatic N) is 2. The van der Waals surface area contributed by atoms with Crippen molar-refractivity contribution in [1.82, 2.24) is 9.80 Å². The molecule has 3 nitrogen and oxygen atoms in total. The lowest BCUT2D eigenvalue weighted by Crippen LogP contribution is -2.60. The van der Waals surface area contributed by atoms with Crippen LogP contribution < -0.4 is 0 Å². The summed E-state index contributed by atoms with van der Waals surface area (Å²) < 4.78 is 0. The lowest BCUT2D eigenvalue weighted by molar-refractivity contribution is -0.143. The van der Waals surface area contributed by atoms with Crippen LogP contribution in [0.3, 0.4) is 0 Å².